The molecule has 1 heterocycles. The van der Waals surface area contributed by atoms with Crippen LogP contribution in [0, 0.1) is 5.95 Å². The van der Waals surface area contributed by atoms with Crippen LogP contribution >= 0.6 is 23.2 Å². The van der Waals surface area contributed by atoms with Crippen LogP contribution in [0.3, 0.4) is 0 Å². The second kappa shape index (κ2) is 5.37. The number of anilines is 1. The molecular weight excluding hydrogens is 274 g/mol. The molecule has 8 heteroatoms. The molecule has 0 saturated heterocycles. The molecular formula is C9H9Cl2FN2O3. The minimum absolute atomic E-state index is 0.164. The predicted octanol–water partition coefficient (Wildman–Crippen LogP) is 2.35. The molecule has 94 valence electrons. The topological polar surface area (TPSA) is 85.4 Å². The second-order valence-corrected chi connectivity index (χ2v) is 3.86. The van der Waals surface area contributed by atoms with Gasteiger partial charge in [0, 0.05) is 0 Å². The molecule has 0 aromatic carbocycles. The highest BCUT2D eigenvalue weighted by atomic mass is 35.5. The van der Waals surface area contributed by atoms with Gasteiger partial charge in [0.25, 0.3) is 0 Å². The van der Waals surface area contributed by atoms with E-state index in [1.807, 2.05) is 0 Å². The number of rotatable bonds is 4. The fourth-order valence-corrected chi connectivity index (χ4v) is 1.40. The van der Waals surface area contributed by atoms with Gasteiger partial charge in [0.05, 0.1) is 5.69 Å². The van der Waals surface area contributed by atoms with E-state index in [-0.39, 0.29) is 23.0 Å². The Morgan fingerprint density at radius 1 is 1.59 bits per heavy atom. The number of hydrogen-bond donors (Lipinski definition) is 2. The first kappa shape index (κ1) is 13.8. The van der Waals surface area contributed by atoms with Gasteiger partial charge >= 0.3 is 5.97 Å². The third-order valence-electron chi connectivity index (χ3n) is 1.94. The van der Waals surface area contributed by atoms with Gasteiger partial charge < -0.3 is 15.6 Å². The highest BCUT2D eigenvalue weighted by Crippen LogP contribution is 2.35. The number of aromatic nitrogens is 1. The number of carboxylic acids is 1. The maximum Gasteiger partial charge on any atom is 0.344 e. The average molecular weight is 283 g/mol. The number of nitrogens with zero attached hydrogens (tertiary/aromatic N) is 1. The summed E-state index contributed by atoms with van der Waals surface area (Å²) in [5.41, 5.74) is 5.17. The highest BCUT2D eigenvalue weighted by Gasteiger charge is 2.22. The van der Waals surface area contributed by atoms with Crippen LogP contribution in [-0.4, -0.2) is 22.2 Å². The van der Waals surface area contributed by atoms with E-state index in [4.69, 9.17) is 38.8 Å². The number of pyridine rings is 1. The number of nitrogen functional groups attached to an aromatic ring is 1. The smallest absolute Gasteiger partial charge is 0.344 e. The summed E-state index contributed by atoms with van der Waals surface area (Å²) < 4.78 is 18.1. The van der Waals surface area contributed by atoms with E-state index in [1.165, 1.54) is 0 Å². The molecule has 0 radical (unpaired) electrons. The van der Waals surface area contributed by atoms with Crippen LogP contribution in [0.25, 0.3) is 0 Å². The van der Waals surface area contributed by atoms with Crippen LogP contribution in [0.5, 0.6) is 5.88 Å². The van der Waals surface area contributed by atoms with Crippen LogP contribution in [0.4, 0.5) is 10.1 Å². The maximum atomic E-state index is 13.2. The van der Waals surface area contributed by atoms with Crippen molar-refractivity contribution >= 4 is 34.9 Å². The van der Waals surface area contributed by atoms with Gasteiger partial charge in [0.1, 0.15) is 10.0 Å². The third-order valence-corrected chi connectivity index (χ3v) is 2.67. The molecule has 0 bridgehead atoms. The zero-order valence-corrected chi connectivity index (χ0v) is 10.2. The van der Waals surface area contributed by atoms with Crippen LogP contribution < -0.4 is 10.5 Å². The summed E-state index contributed by atoms with van der Waals surface area (Å²) in [5.74, 6) is -2.66. The number of halogens is 3. The molecule has 17 heavy (non-hydrogen) atoms. The monoisotopic (exact) mass is 282 g/mol. The van der Waals surface area contributed by atoms with E-state index in [0.717, 1.165) is 0 Å². The van der Waals surface area contributed by atoms with Gasteiger partial charge in [-0.15, -0.1) is 0 Å². The fraction of sp³-hybridized carbons (Fsp3) is 0.333. The Bertz CT molecular complexity index is 456. The lowest BCUT2D eigenvalue weighted by atomic mass is 10.3. The lowest BCUT2D eigenvalue weighted by Gasteiger charge is -2.14. The summed E-state index contributed by atoms with van der Waals surface area (Å²) in [6.07, 6.45) is -1.02. The molecule has 0 fully saturated rings. The number of aliphatic carboxylic acids is 1. The first-order valence-electron chi connectivity index (χ1n) is 4.57. The molecule has 5 nitrogen and oxygen atoms in total. The molecule has 0 spiro atoms. The van der Waals surface area contributed by atoms with Gasteiger partial charge in [-0.25, -0.2) is 4.79 Å². The zero-order valence-electron chi connectivity index (χ0n) is 8.71. The Kier molecular flexibility index (Phi) is 4.36. The average Bonchev–Trinajstić information content (AvgIpc) is 2.29. The van der Waals surface area contributed by atoms with E-state index in [9.17, 15) is 9.18 Å². The minimum atomic E-state index is -1.21. The molecule has 1 atom stereocenters. The lowest BCUT2D eigenvalue weighted by Crippen LogP contribution is -2.26. The summed E-state index contributed by atoms with van der Waals surface area (Å²) in [5, 5.41) is 8.13. The second-order valence-electron chi connectivity index (χ2n) is 3.10. The van der Waals surface area contributed by atoms with E-state index in [1.54, 1.807) is 6.92 Å². The van der Waals surface area contributed by atoms with Gasteiger partial charge in [0.15, 0.2) is 6.10 Å². The Labute approximate surface area is 106 Å². The molecule has 1 aromatic heterocycles. The van der Waals surface area contributed by atoms with Crippen LogP contribution in [0.1, 0.15) is 13.3 Å². The molecule has 0 saturated carbocycles. The summed E-state index contributed by atoms with van der Waals surface area (Å²) in [7, 11) is 0. The molecule has 3 N–H and O–H groups in total. The van der Waals surface area contributed by atoms with Crippen LogP contribution in [0.15, 0.2) is 0 Å². The molecule has 0 aliphatic heterocycles. The van der Waals surface area contributed by atoms with Crippen molar-refractivity contribution in [2.45, 2.75) is 19.4 Å². The molecule has 0 aliphatic rings. The first-order chi connectivity index (χ1) is 7.88. The van der Waals surface area contributed by atoms with Crippen molar-refractivity contribution in [3.05, 3.63) is 16.0 Å². The fourth-order valence-electron chi connectivity index (χ4n) is 1.03. The number of ether oxygens (including phenoxy) is 1. The first-order valence-corrected chi connectivity index (χ1v) is 5.33. The quantitative estimate of drug-likeness (QED) is 0.828. The van der Waals surface area contributed by atoms with Crippen LogP contribution in [0.2, 0.25) is 10.0 Å². The number of carbonyl (C=O) groups is 1. The van der Waals surface area contributed by atoms with E-state index in [2.05, 4.69) is 4.98 Å². The standard InChI is InChI=1S/C9H9Cl2FN2O3/c1-2-3(9(15)16)17-8-5(11)6(13)4(10)7(12)14-8/h3H,2H2,1H3,(H2,13,14)(H,15,16)/t3-/m1/s1. The van der Waals surface area contributed by atoms with Crippen molar-refractivity contribution in [2.24, 2.45) is 0 Å². The lowest BCUT2D eigenvalue weighted by molar-refractivity contribution is -0.145. The Balaban J connectivity index is 3.11. The van der Waals surface area contributed by atoms with Crippen molar-refractivity contribution in [2.75, 3.05) is 5.73 Å². The minimum Gasteiger partial charge on any atom is -0.479 e. The van der Waals surface area contributed by atoms with E-state index < -0.39 is 23.0 Å². The predicted molar refractivity (Wildman–Crippen MR) is 61.0 cm³/mol. The van der Waals surface area contributed by atoms with E-state index >= 15 is 0 Å². The Morgan fingerprint density at radius 2 is 2.18 bits per heavy atom. The van der Waals surface area contributed by atoms with Gasteiger partial charge in [-0.2, -0.15) is 9.37 Å². The molecule has 1 rings (SSSR count). The van der Waals surface area contributed by atoms with E-state index in [0.29, 0.717) is 0 Å². The largest absolute Gasteiger partial charge is 0.479 e. The Morgan fingerprint density at radius 3 is 2.65 bits per heavy atom. The Hall–Kier alpha value is -1.27. The van der Waals surface area contributed by atoms with Crippen molar-refractivity contribution in [1.82, 2.24) is 4.98 Å². The number of carboxylic acid groups (broad SMARTS) is 1. The molecule has 0 aliphatic carbocycles. The van der Waals surface area contributed by atoms with Crippen molar-refractivity contribution in [3.8, 4) is 5.88 Å². The SMILES string of the molecule is CC[C@@H](Oc1nc(F)c(Cl)c(N)c1Cl)C(=O)O. The van der Waals surface area contributed by atoms with Gasteiger partial charge in [-0.1, -0.05) is 30.1 Å². The maximum absolute atomic E-state index is 13.2. The van der Waals surface area contributed by atoms with Gasteiger partial charge in [0.2, 0.25) is 11.8 Å². The number of hydrogen-bond acceptors (Lipinski definition) is 4. The summed E-state index contributed by atoms with van der Waals surface area (Å²) >= 11 is 11.2. The molecule has 0 unspecified atom stereocenters. The van der Waals surface area contributed by atoms with Gasteiger partial charge in [-0.05, 0) is 6.42 Å². The molecule has 0 amide bonds. The zero-order chi connectivity index (χ0) is 13.2. The molecule has 1 aromatic rings. The van der Waals surface area contributed by atoms with Crippen molar-refractivity contribution in [3.63, 3.8) is 0 Å². The normalized spacial score (nSPS) is 12.2. The van der Waals surface area contributed by atoms with Crippen molar-refractivity contribution < 1.29 is 19.0 Å². The summed E-state index contributed by atoms with van der Waals surface area (Å²) in [6, 6.07) is 0. The summed E-state index contributed by atoms with van der Waals surface area (Å²) in [6.45, 7) is 1.59. The van der Waals surface area contributed by atoms with Gasteiger partial charge in [-0.3, -0.25) is 0 Å². The van der Waals surface area contributed by atoms with Crippen LogP contribution in [-0.2, 0) is 4.79 Å². The van der Waals surface area contributed by atoms with Crippen molar-refractivity contribution in [1.29, 1.82) is 0 Å². The third kappa shape index (κ3) is 2.89. The number of nitrogens with two attached hydrogens (primary N) is 1. The highest BCUT2D eigenvalue weighted by molar-refractivity contribution is 6.39. The summed E-state index contributed by atoms with van der Waals surface area (Å²) in [4.78, 5) is 14.0.